The van der Waals surface area contributed by atoms with Crippen molar-refractivity contribution in [1.29, 1.82) is 0 Å². The Hall–Kier alpha value is -2.62. The van der Waals surface area contributed by atoms with Crippen molar-refractivity contribution in [3.63, 3.8) is 0 Å². The Bertz CT molecular complexity index is 943. The van der Waals surface area contributed by atoms with Crippen LogP contribution >= 0.6 is 0 Å². The van der Waals surface area contributed by atoms with Crippen molar-refractivity contribution < 1.29 is 26.5 Å². The second-order valence-corrected chi connectivity index (χ2v) is 7.26. The van der Waals surface area contributed by atoms with Crippen LogP contribution in [-0.4, -0.2) is 19.9 Å². The van der Waals surface area contributed by atoms with Crippen molar-refractivity contribution in [2.24, 2.45) is 0 Å². The molecule has 0 aliphatic rings. The van der Waals surface area contributed by atoms with Crippen LogP contribution in [0.2, 0.25) is 0 Å². The summed E-state index contributed by atoms with van der Waals surface area (Å²) in [6, 6.07) is 7.26. The van der Waals surface area contributed by atoms with Crippen LogP contribution in [0.5, 0.6) is 0 Å². The zero-order chi connectivity index (χ0) is 19.7. The highest BCUT2D eigenvalue weighted by molar-refractivity contribution is 7.92. The highest BCUT2D eigenvalue weighted by Gasteiger charge is 2.33. The van der Waals surface area contributed by atoms with Gasteiger partial charge in [-0.25, -0.2) is 8.42 Å². The Kier molecular flexibility index (Phi) is 5.26. The number of hydrogen-bond donors (Lipinski definition) is 0. The van der Waals surface area contributed by atoms with E-state index in [1.54, 1.807) is 0 Å². The van der Waals surface area contributed by atoms with Gasteiger partial charge in [-0.2, -0.15) is 13.2 Å². The molecule has 2 aromatic rings. The predicted octanol–water partition coefficient (Wildman–Crippen LogP) is 4.14. The van der Waals surface area contributed by atoms with Crippen molar-refractivity contribution in [2.75, 3.05) is 10.8 Å². The molecule has 0 aliphatic heterocycles. The monoisotopic (exact) mass is 388 g/mol. The summed E-state index contributed by atoms with van der Waals surface area (Å²) < 4.78 is 65.4. The standard InChI is InChI=1S/C16H15F3N2O4S/c1-3-20(13-6-4-5-12(9-13)16(17,18)19)26(24,25)15-10-14(21(22)23)8-7-11(15)2/h4-10H,3H2,1-2H3. The fourth-order valence-corrected chi connectivity index (χ4v) is 4.14. The van der Waals surface area contributed by atoms with Crippen LogP contribution in [0, 0.1) is 17.0 Å². The van der Waals surface area contributed by atoms with Gasteiger partial charge >= 0.3 is 6.18 Å². The summed E-state index contributed by atoms with van der Waals surface area (Å²) in [6.45, 7) is 2.77. The summed E-state index contributed by atoms with van der Waals surface area (Å²) in [5.41, 5.74) is -1.33. The van der Waals surface area contributed by atoms with Gasteiger partial charge in [0.15, 0.2) is 0 Å². The van der Waals surface area contributed by atoms with E-state index in [4.69, 9.17) is 0 Å². The maximum atomic E-state index is 12.9. The number of nitro groups is 1. The first-order valence-corrected chi connectivity index (χ1v) is 8.87. The molecule has 2 rings (SSSR count). The molecule has 2 aromatic carbocycles. The number of hydrogen-bond acceptors (Lipinski definition) is 4. The van der Waals surface area contributed by atoms with Gasteiger partial charge in [-0.1, -0.05) is 12.1 Å². The Balaban J connectivity index is 2.60. The first kappa shape index (κ1) is 19.7. The van der Waals surface area contributed by atoms with E-state index >= 15 is 0 Å². The summed E-state index contributed by atoms with van der Waals surface area (Å²) in [5, 5.41) is 10.9. The van der Waals surface area contributed by atoms with Crippen LogP contribution in [0.1, 0.15) is 18.1 Å². The molecule has 0 bridgehead atoms. The molecule has 0 radical (unpaired) electrons. The summed E-state index contributed by atoms with van der Waals surface area (Å²) in [5.74, 6) is 0. The van der Waals surface area contributed by atoms with Gasteiger partial charge in [0.05, 0.1) is 21.1 Å². The molecule has 0 saturated heterocycles. The highest BCUT2D eigenvalue weighted by Crippen LogP contribution is 2.34. The molecule has 0 aliphatic carbocycles. The molecular weight excluding hydrogens is 373 g/mol. The summed E-state index contributed by atoms with van der Waals surface area (Å²) in [6.07, 6.45) is -4.62. The number of nitrogens with zero attached hydrogens (tertiary/aromatic N) is 2. The first-order valence-electron chi connectivity index (χ1n) is 7.43. The number of nitro benzene ring substituents is 1. The average molecular weight is 388 g/mol. The van der Waals surface area contributed by atoms with Crippen molar-refractivity contribution in [3.8, 4) is 0 Å². The normalized spacial score (nSPS) is 12.0. The Morgan fingerprint density at radius 3 is 2.35 bits per heavy atom. The fourth-order valence-electron chi connectivity index (χ4n) is 2.43. The molecule has 6 nitrogen and oxygen atoms in total. The predicted molar refractivity (Wildman–Crippen MR) is 89.5 cm³/mol. The lowest BCUT2D eigenvalue weighted by Crippen LogP contribution is -2.31. The summed E-state index contributed by atoms with van der Waals surface area (Å²) in [4.78, 5) is 9.86. The van der Waals surface area contributed by atoms with Gasteiger partial charge in [0.25, 0.3) is 15.7 Å². The largest absolute Gasteiger partial charge is 0.416 e. The molecule has 0 unspecified atom stereocenters. The number of alkyl halides is 3. The van der Waals surface area contributed by atoms with Gasteiger partial charge in [-0.05, 0) is 37.6 Å². The Morgan fingerprint density at radius 2 is 1.81 bits per heavy atom. The number of aryl methyl sites for hydroxylation is 1. The van der Waals surface area contributed by atoms with Gasteiger partial charge in [0, 0.05) is 18.7 Å². The Labute approximate surface area is 148 Å². The lowest BCUT2D eigenvalue weighted by atomic mass is 10.2. The minimum Gasteiger partial charge on any atom is -0.267 e. The second-order valence-electron chi connectivity index (χ2n) is 5.42. The third kappa shape index (κ3) is 3.79. The van der Waals surface area contributed by atoms with Gasteiger partial charge < -0.3 is 0 Å². The minimum atomic E-state index is -4.62. The molecule has 10 heteroatoms. The Morgan fingerprint density at radius 1 is 1.15 bits per heavy atom. The highest BCUT2D eigenvalue weighted by atomic mass is 32.2. The maximum absolute atomic E-state index is 12.9. The number of sulfonamides is 1. The van der Waals surface area contributed by atoms with E-state index in [-0.39, 0.29) is 22.7 Å². The zero-order valence-corrected chi connectivity index (χ0v) is 14.6. The van der Waals surface area contributed by atoms with Gasteiger partial charge in [-0.3, -0.25) is 14.4 Å². The number of halogens is 3. The topological polar surface area (TPSA) is 80.5 Å². The van der Waals surface area contributed by atoms with Gasteiger partial charge in [0.2, 0.25) is 0 Å². The molecule has 26 heavy (non-hydrogen) atoms. The van der Waals surface area contributed by atoms with E-state index in [9.17, 15) is 31.7 Å². The molecule has 0 aromatic heterocycles. The average Bonchev–Trinajstić information content (AvgIpc) is 2.54. The molecule has 0 N–H and O–H groups in total. The molecule has 0 amide bonds. The molecule has 0 fully saturated rings. The lowest BCUT2D eigenvalue weighted by Gasteiger charge is -2.24. The maximum Gasteiger partial charge on any atom is 0.416 e. The van der Waals surface area contributed by atoms with E-state index in [0.29, 0.717) is 0 Å². The van der Waals surface area contributed by atoms with Crippen LogP contribution < -0.4 is 4.31 Å². The zero-order valence-electron chi connectivity index (χ0n) is 13.8. The van der Waals surface area contributed by atoms with Crippen molar-refractivity contribution >= 4 is 21.4 Å². The second kappa shape index (κ2) is 6.94. The smallest absolute Gasteiger partial charge is 0.267 e. The van der Waals surface area contributed by atoms with Crippen molar-refractivity contribution in [2.45, 2.75) is 24.9 Å². The lowest BCUT2D eigenvalue weighted by molar-refractivity contribution is -0.385. The minimum absolute atomic E-state index is 0.147. The summed E-state index contributed by atoms with van der Waals surface area (Å²) in [7, 11) is -4.29. The van der Waals surface area contributed by atoms with Crippen molar-refractivity contribution in [3.05, 3.63) is 63.7 Å². The molecule has 140 valence electrons. The van der Waals surface area contributed by atoms with Gasteiger partial charge in [0.1, 0.15) is 0 Å². The van der Waals surface area contributed by atoms with E-state index in [1.807, 2.05) is 0 Å². The van der Waals surface area contributed by atoms with Crippen LogP contribution in [-0.2, 0) is 16.2 Å². The van der Waals surface area contributed by atoms with Crippen LogP contribution in [0.25, 0.3) is 0 Å². The van der Waals surface area contributed by atoms with E-state index in [1.165, 1.54) is 26.0 Å². The summed E-state index contributed by atoms with van der Waals surface area (Å²) >= 11 is 0. The number of non-ortho nitro benzene ring substituents is 1. The molecule has 0 heterocycles. The van der Waals surface area contributed by atoms with Crippen LogP contribution in [0.15, 0.2) is 47.4 Å². The van der Waals surface area contributed by atoms with E-state index < -0.39 is 32.4 Å². The van der Waals surface area contributed by atoms with Gasteiger partial charge in [-0.15, -0.1) is 0 Å². The number of anilines is 1. The van der Waals surface area contributed by atoms with Crippen LogP contribution in [0.4, 0.5) is 24.5 Å². The van der Waals surface area contributed by atoms with E-state index in [2.05, 4.69) is 0 Å². The van der Waals surface area contributed by atoms with Crippen molar-refractivity contribution in [1.82, 2.24) is 0 Å². The molecule has 0 saturated carbocycles. The third-order valence-electron chi connectivity index (χ3n) is 3.70. The molecular formula is C16H15F3N2O4S. The quantitative estimate of drug-likeness (QED) is 0.570. The number of benzene rings is 2. The van der Waals surface area contributed by atoms with Crippen LogP contribution in [0.3, 0.4) is 0 Å². The fraction of sp³-hybridized carbons (Fsp3) is 0.250. The third-order valence-corrected chi connectivity index (χ3v) is 5.74. The SMILES string of the molecule is CCN(c1cccc(C(F)(F)F)c1)S(=O)(=O)c1cc([N+](=O)[O-])ccc1C. The molecule has 0 atom stereocenters. The van der Waals surface area contributed by atoms with E-state index in [0.717, 1.165) is 34.6 Å². The molecule has 0 spiro atoms. The first-order chi connectivity index (χ1) is 12.0. The number of rotatable bonds is 5.